The first-order chi connectivity index (χ1) is 17.9. The number of amides is 2. The Morgan fingerprint density at radius 3 is 2.73 bits per heavy atom. The highest BCUT2D eigenvalue weighted by atomic mass is 32.1. The molecule has 0 radical (unpaired) electrons. The van der Waals surface area contributed by atoms with Crippen LogP contribution in [0.1, 0.15) is 57.4 Å². The van der Waals surface area contributed by atoms with Gasteiger partial charge in [-0.2, -0.15) is 5.26 Å². The van der Waals surface area contributed by atoms with Gasteiger partial charge in [-0.05, 0) is 61.6 Å². The van der Waals surface area contributed by atoms with Gasteiger partial charge >= 0.3 is 0 Å². The van der Waals surface area contributed by atoms with E-state index in [0.717, 1.165) is 29.0 Å². The van der Waals surface area contributed by atoms with E-state index in [1.165, 1.54) is 16.9 Å². The molecule has 1 aliphatic rings. The van der Waals surface area contributed by atoms with E-state index in [1.54, 1.807) is 22.7 Å². The van der Waals surface area contributed by atoms with Crippen molar-refractivity contribution in [3.05, 3.63) is 75.5 Å². The van der Waals surface area contributed by atoms with E-state index >= 15 is 0 Å². The monoisotopic (exact) mass is 517 g/mol. The Hall–Kier alpha value is -3.77. The Labute approximate surface area is 221 Å². The van der Waals surface area contributed by atoms with E-state index in [1.807, 2.05) is 49.1 Å². The lowest BCUT2D eigenvalue weighted by molar-refractivity contribution is -0.134. The summed E-state index contributed by atoms with van der Waals surface area (Å²) in [4.78, 5) is 38.1. The number of ether oxygens (including phenoxy) is 1. The third kappa shape index (κ3) is 6.92. The molecule has 0 saturated carbocycles. The summed E-state index contributed by atoms with van der Waals surface area (Å²) in [6.45, 7) is 6.09. The van der Waals surface area contributed by atoms with Crippen molar-refractivity contribution < 1.29 is 14.3 Å². The van der Waals surface area contributed by atoms with Crippen LogP contribution in [0.15, 0.2) is 48.1 Å². The maximum absolute atomic E-state index is 13.2. The quantitative estimate of drug-likeness (QED) is 0.415. The molecule has 8 nitrogen and oxygen atoms in total. The van der Waals surface area contributed by atoms with Gasteiger partial charge in [-0.3, -0.25) is 14.6 Å². The van der Waals surface area contributed by atoms with Gasteiger partial charge in [0.25, 0.3) is 11.8 Å². The standard InChI is InChI=1S/C28H31N5O3S/c1-20-6-7-24(15-21(20)2)36-18-26(34)32-13-8-23(9-14-32)27-31-25(19-37-27)28(35)33(12-4-10-29)17-22-5-3-11-30-16-22/h3,5-7,11,15-16,19,23H,4,8-9,12-14,17-18H2,1-2H3. The largest absolute Gasteiger partial charge is 0.484 e. The van der Waals surface area contributed by atoms with Crippen molar-refractivity contribution in [2.24, 2.45) is 0 Å². The molecule has 1 saturated heterocycles. The summed E-state index contributed by atoms with van der Waals surface area (Å²) in [7, 11) is 0. The number of nitrogens with zero attached hydrogens (tertiary/aromatic N) is 5. The fraction of sp³-hybridized carbons (Fsp3) is 0.393. The fourth-order valence-corrected chi connectivity index (χ4v) is 5.27. The summed E-state index contributed by atoms with van der Waals surface area (Å²) >= 11 is 1.49. The molecule has 1 aliphatic heterocycles. The Kier molecular flexibility index (Phi) is 8.86. The predicted molar refractivity (Wildman–Crippen MR) is 141 cm³/mol. The summed E-state index contributed by atoms with van der Waals surface area (Å²) in [5, 5.41) is 11.8. The van der Waals surface area contributed by atoms with Crippen molar-refractivity contribution in [3.63, 3.8) is 0 Å². The molecule has 0 atom stereocenters. The number of rotatable bonds is 9. The highest BCUT2D eigenvalue weighted by Crippen LogP contribution is 2.31. The number of nitriles is 1. The van der Waals surface area contributed by atoms with Crippen molar-refractivity contribution in [2.45, 2.75) is 45.6 Å². The average Bonchev–Trinajstić information content (AvgIpc) is 3.42. The van der Waals surface area contributed by atoms with Crippen molar-refractivity contribution >= 4 is 23.2 Å². The molecule has 3 heterocycles. The minimum Gasteiger partial charge on any atom is -0.484 e. The van der Waals surface area contributed by atoms with Crippen LogP contribution in [0, 0.1) is 25.2 Å². The molecule has 1 fully saturated rings. The van der Waals surface area contributed by atoms with E-state index in [4.69, 9.17) is 10.00 Å². The van der Waals surface area contributed by atoms with Crippen LogP contribution in [0.5, 0.6) is 5.75 Å². The van der Waals surface area contributed by atoms with E-state index < -0.39 is 0 Å². The van der Waals surface area contributed by atoms with Gasteiger partial charge in [0, 0.05) is 49.9 Å². The van der Waals surface area contributed by atoms with Crippen molar-refractivity contribution in [1.29, 1.82) is 5.26 Å². The van der Waals surface area contributed by atoms with Crippen molar-refractivity contribution in [1.82, 2.24) is 19.8 Å². The van der Waals surface area contributed by atoms with Gasteiger partial charge < -0.3 is 14.5 Å². The third-order valence-electron chi connectivity index (χ3n) is 6.66. The number of likely N-dealkylation sites (tertiary alicyclic amines) is 1. The van der Waals surface area contributed by atoms with E-state index in [-0.39, 0.29) is 30.8 Å². The first-order valence-electron chi connectivity index (χ1n) is 12.4. The SMILES string of the molecule is Cc1ccc(OCC(=O)N2CCC(c3nc(C(=O)N(CCC#N)Cc4cccnc4)cs3)CC2)cc1C. The Balaban J connectivity index is 1.31. The lowest BCUT2D eigenvalue weighted by atomic mass is 9.97. The number of hydrogen-bond acceptors (Lipinski definition) is 7. The van der Waals surface area contributed by atoms with Gasteiger partial charge in [0.05, 0.1) is 17.5 Å². The average molecular weight is 518 g/mol. The number of piperidine rings is 1. The van der Waals surface area contributed by atoms with Crippen LogP contribution in [-0.4, -0.2) is 57.8 Å². The Morgan fingerprint density at radius 1 is 1.22 bits per heavy atom. The maximum Gasteiger partial charge on any atom is 0.273 e. The summed E-state index contributed by atoms with van der Waals surface area (Å²) in [6.07, 6.45) is 5.26. The predicted octanol–water partition coefficient (Wildman–Crippen LogP) is 4.50. The number of carbonyl (C=O) groups excluding carboxylic acids is 2. The van der Waals surface area contributed by atoms with Crippen LogP contribution >= 0.6 is 11.3 Å². The van der Waals surface area contributed by atoms with Gasteiger partial charge in [-0.1, -0.05) is 12.1 Å². The number of aryl methyl sites for hydroxylation is 2. The summed E-state index contributed by atoms with van der Waals surface area (Å²) in [5.74, 6) is 0.716. The molecule has 3 aromatic rings. The zero-order valence-corrected chi connectivity index (χ0v) is 22.0. The van der Waals surface area contributed by atoms with Crippen LogP contribution in [0.3, 0.4) is 0 Å². The van der Waals surface area contributed by atoms with Crippen LogP contribution in [-0.2, 0) is 11.3 Å². The number of carbonyl (C=O) groups is 2. The molecule has 4 rings (SSSR count). The third-order valence-corrected chi connectivity index (χ3v) is 7.66. The lowest BCUT2D eigenvalue weighted by Crippen LogP contribution is -2.40. The first-order valence-corrected chi connectivity index (χ1v) is 13.3. The second-order valence-corrected chi connectivity index (χ2v) is 10.1. The number of hydrogen-bond donors (Lipinski definition) is 0. The molecule has 2 amide bonds. The van der Waals surface area contributed by atoms with E-state index in [9.17, 15) is 9.59 Å². The molecule has 0 aliphatic carbocycles. The molecule has 0 bridgehead atoms. The van der Waals surface area contributed by atoms with Gasteiger partial charge in [-0.25, -0.2) is 4.98 Å². The number of benzene rings is 1. The minimum absolute atomic E-state index is 0.0183. The molecule has 1 aromatic carbocycles. The smallest absolute Gasteiger partial charge is 0.273 e. The van der Waals surface area contributed by atoms with Crippen LogP contribution < -0.4 is 4.74 Å². The lowest BCUT2D eigenvalue weighted by Gasteiger charge is -2.31. The van der Waals surface area contributed by atoms with Crippen molar-refractivity contribution in [2.75, 3.05) is 26.2 Å². The van der Waals surface area contributed by atoms with Crippen molar-refractivity contribution in [3.8, 4) is 11.8 Å². The van der Waals surface area contributed by atoms with Gasteiger partial charge in [0.1, 0.15) is 11.4 Å². The zero-order valence-electron chi connectivity index (χ0n) is 21.2. The second-order valence-electron chi connectivity index (χ2n) is 9.26. The van der Waals surface area contributed by atoms with Gasteiger partial charge in [0.2, 0.25) is 0 Å². The maximum atomic E-state index is 13.2. The van der Waals surface area contributed by atoms with Crippen LogP contribution in [0.25, 0.3) is 0 Å². The Bertz CT molecular complexity index is 1260. The molecule has 9 heteroatoms. The Morgan fingerprint density at radius 2 is 2.03 bits per heavy atom. The molecular formula is C28H31N5O3S. The highest BCUT2D eigenvalue weighted by Gasteiger charge is 2.27. The highest BCUT2D eigenvalue weighted by molar-refractivity contribution is 7.09. The molecule has 37 heavy (non-hydrogen) atoms. The van der Waals surface area contributed by atoms with E-state index in [0.29, 0.717) is 37.6 Å². The minimum atomic E-state index is -0.183. The number of pyridine rings is 1. The van der Waals surface area contributed by atoms with Gasteiger partial charge in [0.15, 0.2) is 6.61 Å². The fourth-order valence-electron chi connectivity index (χ4n) is 4.30. The molecule has 192 valence electrons. The first kappa shape index (κ1) is 26.3. The molecule has 0 N–H and O–H groups in total. The normalized spacial score (nSPS) is 13.7. The van der Waals surface area contributed by atoms with Crippen LogP contribution in [0.4, 0.5) is 0 Å². The zero-order chi connectivity index (χ0) is 26.2. The summed E-state index contributed by atoms with van der Waals surface area (Å²) in [5.41, 5.74) is 3.64. The number of thiazole rings is 1. The molecule has 2 aromatic heterocycles. The van der Waals surface area contributed by atoms with E-state index in [2.05, 4.69) is 16.0 Å². The molecule has 0 spiro atoms. The number of aromatic nitrogens is 2. The van der Waals surface area contributed by atoms with Crippen LogP contribution in [0.2, 0.25) is 0 Å². The van der Waals surface area contributed by atoms with Gasteiger partial charge in [-0.15, -0.1) is 11.3 Å². The molecular weight excluding hydrogens is 486 g/mol. The summed E-state index contributed by atoms with van der Waals surface area (Å²) in [6, 6.07) is 11.7. The topological polar surface area (TPSA) is 99.4 Å². The second kappa shape index (κ2) is 12.5. The summed E-state index contributed by atoms with van der Waals surface area (Å²) < 4.78 is 5.72. The molecule has 0 unspecified atom stereocenters.